The molecule has 2 N–H and O–H groups in total. The predicted octanol–water partition coefficient (Wildman–Crippen LogP) is 5.62. The van der Waals surface area contributed by atoms with Crippen molar-refractivity contribution in [2.45, 2.75) is 76.4 Å². The number of halogens is 2. The number of piperidine rings is 1. The van der Waals surface area contributed by atoms with Crippen LogP contribution in [-0.2, 0) is 23.8 Å². The van der Waals surface area contributed by atoms with Crippen LogP contribution in [0.5, 0.6) is 0 Å². The summed E-state index contributed by atoms with van der Waals surface area (Å²) in [6.07, 6.45) is 3.62. The third-order valence-corrected chi connectivity index (χ3v) is 12.3. The van der Waals surface area contributed by atoms with Crippen LogP contribution in [0, 0.1) is 17.7 Å². The number of urea groups is 1. The van der Waals surface area contributed by atoms with Crippen molar-refractivity contribution in [3.63, 3.8) is 0 Å². The van der Waals surface area contributed by atoms with Gasteiger partial charge in [0.1, 0.15) is 5.82 Å². The van der Waals surface area contributed by atoms with Gasteiger partial charge >= 0.3 is 12.1 Å². The lowest BCUT2D eigenvalue weighted by molar-refractivity contribution is -0.174. The number of nitrogens with zero attached hydrogens (tertiary/aromatic N) is 2. The molecule has 2 saturated heterocycles. The zero-order valence-electron chi connectivity index (χ0n) is 27.9. The number of hydrogen-bond acceptors (Lipinski definition) is 7. The van der Waals surface area contributed by atoms with E-state index < -0.39 is 26.1 Å². The zero-order chi connectivity index (χ0) is 33.7. The number of likely N-dealkylation sites (tertiary alicyclic amines) is 1. The minimum Gasteiger partial charge on any atom is -0.453 e. The van der Waals surface area contributed by atoms with E-state index in [2.05, 4.69) is 41.9 Å². The van der Waals surface area contributed by atoms with Crippen molar-refractivity contribution >= 4 is 38.2 Å². The molecule has 2 fully saturated rings. The summed E-state index contributed by atoms with van der Waals surface area (Å²) in [6.45, 7) is 12.2. The maximum Gasteiger partial charge on any atom is 0.406 e. The first-order chi connectivity index (χ1) is 21.9. The van der Waals surface area contributed by atoms with Crippen LogP contribution in [-0.4, -0.2) is 102 Å². The summed E-state index contributed by atoms with van der Waals surface area (Å²) >= 11 is 6.20. The molecule has 4 amide bonds. The SMILES string of the molecule is COC(=O)NCCOC(c1cc(F)cc(Cl)c1)[C@@H]1CCCN(C(=O)N[C@@H](C[C@H]2CCCOC2)CN(C=O)OCC(C)[Si](C)(C)C)C1. The summed E-state index contributed by atoms with van der Waals surface area (Å²) in [7, 11) is -0.173. The number of hydrogen-bond donors (Lipinski definition) is 2. The first-order valence-electron chi connectivity index (χ1n) is 16.3. The second kappa shape index (κ2) is 18.8. The number of methoxy groups -OCH3 is 1. The average molecular weight is 687 g/mol. The van der Waals surface area contributed by atoms with Crippen LogP contribution in [0.1, 0.15) is 50.7 Å². The molecule has 11 nitrogen and oxygen atoms in total. The van der Waals surface area contributed by atoms with E-state index in [1.807, 2.05) is 0 Å². The van der Waals surface area contributed by atoms with E-state index in [1.54, 1.807) is 11.0 Å². The minimum atomic E-state index is -1.45. The van der Waals surface area contributed by atoms with Crippen LogP contribution >= 0.6 is 11.6 Å². The lowest BCUT2D eigenvalue weighted by Gasteiger charge is -2.38. The molecule has 0 saturated carbocycles. The quantitative estimate of drug-likeness (QED) is 0.100. The second-order valence-corrected chi connectivity index (χ2v) is 19.6. The van der Waals surface area contributed by atoms with Gasteiger partial charge in [-0.25, -0.2) is 19.0 Å². The van der Waals surface area contributed by atoms with Crippen LogP contribution < -0.4 is 10.6 Å². The van der Waals surface area contributed by atoms with E-state index in [-0.39, 0.29) is 48.6 Å². The van der Waals surface area contributed by atoms with Crippen LogP contribution in [0.4, 0.5) is 14.0 Å². The van der Waals surface area contributed by atoms with Crippen molar-refractivity contribution < 1.29 is 37.8 Å². The van der Waals surface area contributed by atoms with Crippen molar-refractivity contribution in [1.29, 1.82) is 0 Å². The van der Waals surface area contributed by atoms with E-state index in [0.29, 0.717) is 50.2 Å². The van der Waals surface area contributed by atoms with Gasteiger partial charge in [-0.2, -0.15) is 0 Å². The van der Waals surface area contributed by atoms with Gasteiger partial charge in [-0.3, -0.25) is 9.63 Å². The fourth-order valence-corrected chi connectivity index (χ4v) is 6.54. The Morgan fingerprint density at radius 3 is 2.67 bits per heavy atom. The number of alkyl carbamates (subject to hydrolysis) is 1. The highest BCUT2D eigenvalue weighted by atomic mass is 35.5. The zero-order valence-corrected chi connectivity index (χ0v) is 29.7. The Morgan fingerprint density at radius 1 is 1.24 bits per heavy atom. The fourth-order valence-electron chi connectivity index (χ4n) is 5.74. The van der Waals surface area contributed by atoms with Crippen LogP contribution in [0.2, 0.25) is 30.2 Å². The lowest BCUT2D eigenvalue weighted by Crippen LogP contribution is -2.52. The van der Waals surface area contributed by atoms with E-state index in [1.165, 1.54) is 24.3 Å². The molecule has 3 rings (SSSR count). The van der Waals surface area contributed by atoms with E-state index in [0.717, 1.165) is 32.3 Å². The maximum absolute atomic E-state index is 14.4. The fraction of sp³-hybridized carbons (Fsp3) is 0.719. The number of rotatable bonds is 16. The summed E-state index contributed by atoms with van der Waals surface area (Å²) in [4.78, 5) is 45.0. The number of carbonyl (C=O) groups excluding carboxylic acids is 3. The molecule has 2 unspecified atom stereocenters. The summed E-state index contributed by atoms with van der Waals surface area (Å²) in [5, 5.41) is 7.32. The Balaban J connectivity index is 1.71. The first kappa shape index (κ1) is 38.0. The molecule has 0 aromatic heterocycles. The van der Waals surface area contributed by atoms with E-state index >= 15 is 0 Å². The maximum atomic E-state index is 14.4. The molecular formula is C32H52ClFN4O7Si. The van der Waals surface area contributed by atoms with Gasteiger partial charge in [0.05, 0.1) is 39.0 Å². The Kier molecular flexibility index (Phi) is 15.5. The molecule has 260 valence electrons. The molecule has 0 aliphatic carbocycles. The molecule has 1 aromatic carbocycles. The molecule has 2 heterocycles. The largest absolute Gasteiger partial charge is 0.453 e. The third kappa shape index (κ3) is 12.6. The lowest BCUT2D eigenvalue weighted by atomic mass is 9.88. The van der Waals surface area contributed by atoms with Gasteiger partial charge < -0.3 is 29.7 Å². The van der Waals surface area contributed by atoms with Crippen molar-refractivity contribution in [3.05, 3.63) is 34.6 Å². The number of carbonyl (C=O) groups is 3. The van der Waals surface area contributed by atoms with Crippen LogP contribution in [0.15, 0.2) is 18.2 Å². The predicted molar refractivity (Wildman–Crippen MR) is 177 cm³/mol. The van der Waals surface area contributed by atoms with E-state index in [4.69, 9.17) is 25.9 Å². The molecule has 2 aliphatic rings. The molecule has 0 bridgehead atoms. The van der Waals surface area contributed by atoms with Gasteiger partial charge in [-0.05, 0) is 67.3 Å². The Morgan fingerprint density at radius 2 is 2.02 bits per heavy atom. The van der Waals surface area contributed by atoms with E-state index in [9.17, 15) is 18.8 Å². The highest BCUT2D eigenvalue weighted by Gasteiger charge is 2.33. The molecule has 14 heteroatoms. The summed E-state index contributed by atoms with van der Waals surface area (Å²) in [5.41, 5.74) is 0.913. The van der Waals surface area contributed by atoms with Crippen molar-refractivity contribution in [3.8, 4) is 0 Å². The third-order valence-electron chi connectivity index (χ3n) is 8.93. The summed E-state index contributed by atoms with van der Waals surface area (Å²) in [6, 6.07) is 3.71. The smallest absolute Gasteiger partial charge is 0.406 e. The average Bonchev–Trinajstić information content (AvgIpc) is 3.02. The molecule has 0 spiro atoms. The van der Waals surface area contributed by atoms with Gasteiger partial charge in [0.15, 0.2) is 0 Å². The van der Waals surface area contributed by atoms with Gasteiger partial charge in [-0.15, -0.1) is 0 Å². The molecule has 0 radical (unpaired) electrons. The van der Waals surface area contributed by atoms with Gasteiger partial charge in [0, 0.05) is 51.9 Å². The summed E-state index contributed by atoms with van der Waals surface area (Å²) < 4.78 is 30.9. The standard InChI is InChI=1S/C32H52ClFN4O7Si/c1-23(46(3,4)5)20-45-38(22-39)19-29(14-24-8-7-12-43-21-24)36-31(40)37-11-6-9-25(18-37)30(44-13-10-35-32(41)42-2)26-15-27(33)17-28(34)16-26/h15-17,22-25,29-30H,6-14,18-21H2,1-5H3,(H,35,41)(H,36,40)/t23?,24-,25-,29+,30?/m1/s1. The molecule has 1 aromatic rings. The number of amides is 4. The van der Waals surface area contributed by atoms with Gasteiger partial charge in [0.2, 0.25) is 6.41 Å². The van der Waals surface area contributed by atoms with Crippen molar-refractivity contribution in [1.82, 2.24) is 20.6 Å². The Hall–Kier alpha value is -2.45. The highest BCUT2D eigenvalue weighted by molar-refractivity contribution is 6.77. The number of nitrogens with one attached hydrogen (secondary N) is 2. The Labute approximate surface area is 278 Å². The highest BCUT2D eigenvalue weighted by Crippen LogP contribution is 2.34. The number of hydroxylamine groups is 2. The topological polar surface area (TPSA) is 119 Å². The number of ether oxygens (including phenoxy) is 3. The molecule has 2 aliphatic heterocycles. The molecule has 46 heavy (non-hydrogen) atoms. The molecule has 5 atom stereocenters. The van der Waals surface area contributed by atoms with Crippen molar-refractivity contribution in [2.75, 3.05) is 59.7 Å². The second-order valence-electron chi connectivity index (χ2n) is 13.5. The van der Waals surface area contributed by atoms with Crippen molar-refractivity contribution in [2.24, 2.45) is 11.8 Å². The van der Waals surface area contributed by atoms with Crippen LogP contribution in [0.3, 0.4) is 0 Å². The van der Waals surface area contributed by atoms with Gasteiger partial charge in [-0.1, -0.05) is 38.2 Å². The van der Waals surface area contributed by atoms with Gasteiger partial charge in [0.25, 0.3) is 0 Å². The normalized spacial score (nSPS) is 20.7. The monoisotopic (exact) mass is 686 g/mol. The molecular weight excluding hydrogens is 635 g/mol. The summed E-state index contributed by atoms with van der Waals surface area (Å²) in [5.74, 6) is -0.375. The van der Waals surface area contributed by atoms with Crippen LogP contribution in [0.25, 0.3) is 0 Å². The Bertz CT molecular complexity index is 1100. The minimum absolute atomic E-state index is 0.153. The first-order valence-corrected chi connectivity index (χ1v) is 20.2. The number of benzene rings is 1.